The van der Waals surface area contributed by atoms with Crippen molar-refractivity contribution in [3.63, 3.8) is 0 Å². The summed E-state index contributed by atoms with van der Waals surface area (Å²) in [7, 11) is 0. The third-order valence-corrected chi connectivity index (χ3v) is 10.1. The van der Waals surface area contributed by atoms with Gasteiger partial charge in [-0.25, -0.2) is 15.0 Å². The third-order valence-electron chi connectivity index (χ3n) is 10.1. The number of fused-ring (bicyclic) bond motifs is 9. The lowest BCUT2D eigenvalue weighted by Crippen LogP contribution is -2.01. The molecular weight excluding hydrogens is 639 g/mol. The molecule has 5 nitrogen and oxygen atoms in total. The first-order valence-electron chi connectivity index (χ1n) is 17.3. The normalized spacial score (nSPS) is 11.8. The highest BCUT2D eigenvalue weighted by Crippen LogP contribution is 2.41. The standard InChI is InChI=1S/C47H27N3O2/c1-2-11-28(12-3-1)30-21-23-43-38(25-30)39-27-40(33-16-6-7-18-35(33)44(39)52-43)47-49-45(31-22-24-42-37(26-31)34-17-8-9-20-41(34)51-42)48-46(50-47)36-19-10-14-29-13-4-5-15-32(29)36/h1-27H. The predicted octanol–water partition coefficient (Wildman–Crippen LogP) is 12.6. The van der Waals surface area contributed by atoms with Crippen LogP contribution in [0.3, 0.4) is 0 Å². The van der Waals surface area contributed by atoms with E-state index in [1.165, 1.54) is 0 Å². The molecule has 0 bridgehead atoms. The van der Waals surface area contributed by atoms with E-state index in [1.54, 1.807) is 0 Å². The molecule has 0 aliphatic heterocycles. The molecule has 52 heavy (non-hydrogen) atoms. The fraction of sp³-hybridized carbons (Fsp3) is 0. The smallest absolute Gasteiger partial charge is 0.164 e. The zero-order chi connectivity index (χ0) is 34.2. The fourth-order valence-electron chi connectivity index (χ4n) is 7.62. The van der Waals surface area contributed by atoms with E-state index < -0.39 is 0 Å². The van der Waals surface area contributed by atoms with Crippen LogP contribution in [-0.2, 0) is 0 Å². The second-order valence-electron chi connectivity index (χ2n) is 13.2. The van der Waals surface area contributed by atoms with Gasteiger partial charge in [0, 0.05) is 43.6 Å². The van der Waals surface area contributed by atoms with Crippen LogP contribution in [0.25, 0.3) is 111 Å². The summed E-state index contributed by atoms with van der Waals surface area (Å²) in [5, 5.41) is 8.36. The Morgan fingerprint density at radius 3 is 1.77 bits per heavy atom. The van der Waals surface area contributed by atoms with E-state index in [1.807, 2.05) is 36.4 Å². The lowest BCUT2D eigenvalue weighted by molar-refractivity contribution is 0.669. The number of hydrogen-bond acceptors (Lipinski definition) is 5. The molecule has 0 aliphatic rings. The van der Waals surface area contributed by atoms with Crippen LogP contribution in [0.2, 0.25) is 0 Å². The first-order chi connectivity index (χ1) is 25.7. The molecule has 0 saturated heterocycles. The van der Waals surface area contributed by atoms with Crippen molar-refractivity contribution in [1.82, 2.24) is 15.0 Å². The molecule has 0 saturated carbocycles. The number of furan rings is 2. The minimum Gasteiger partial charge on any atom is -0.456 e. The zero-order valence-corrected chi connectivity index (χ0v) is 27.7. The summed E-state index contributed by atoms with van der Waals surface area (Å²) in [4.78, 5) is 15.7. The van der Waals surface area contributed by atoms with Gasteiger partial charge in [0.1, 0.15) is 22.3 Å². The Bertz CT molecular complexity index is 3190. The molecule has 0 N–H and O–H groups in total. The summed E-state index contributed by atoms with van der Waals surface area (Å²) in [6.45, 7) is 0. The van der Waals surface area contributed by atoms with Gasteiger partial charge in [-0.15, -0.1) is 0 Å². The van der Waals surface area contributed by atoms with E-state index in [9.17, 15) is 0 Å². The fourth-order valence-corrected chi connectivity index (χ4v) is 7.62. The molecule has 3 aromatic heterocycles. The zero-order valence-electron chi connectivity index (χ0n) is 27.7. The summed E-state index contributed by atoms with van der Waals surface area (Å²) >= 11 is 0. The number of hydrogen-bond donors (Lipinski definition) is 0. The number of nitrogens with zero attached hydrogens (tertiary/aromatic N) is 3. The summed E-state index contributed by atoms with van der Waals surface area (Å²) in [6, 6.07) is 56.3. The van der Waals surface area contributed by atoms with Gasteiger partial charge in [-0.1, -0.05) is 121 Å². The van der Waals surface area contributed by atoms with Gasteiger partial charge in [-0.2, -0.15) is 0 Å². The Hall–Kier alpha value is -7.11. The molecule has 8 aromatic carbocycles. The van der Waals surface area contributed by atoms with Crippen molar-refractivity contribution < 1.29 is 8.83 Å². The predicted molar refractivity (Wildman–Crippen MR) is 211 cm³/mol. The van der Waals surface area contributed by atoms with Crippen molar-refractivity contribution in [3.05, 3.63) is 164 Å². The number of rotatable bonds is 4. The van der Waals surface area contributed by atoms with E-state index >= 15 is 0 Å². The van der Waals surface area contributed by atoms with Crippen LogP contribution in [0.4, 0.5) is 0 Å². The highest BCUT2D eigenvalue weighted by molar-refractivity contribution is 6.19. The second kappa shape index (κ2) is 11.2. The Labute approximate surface area is 297 Å². The van der Waals surface area contributed by atoms with E-state index in [4.69, 9.17) is 23.8 Å². The molecule has 0 atom stereocenters. The molecule has 0 amide bonds. The van der Waals surface area contributed by atoms with Crippen molar-refractivity contribution in [1.29, 1.82) is 0 Å². The minimum atomic E-state index is 0.590. The van der Waals surface area contributed by atoms with E-state index in [-0.39, 0.29) is 0 Å². The van der Waals surface area contributed by atoms with Crippen LogP contribution >= 0.6 is 0 Å². The topological polar surface area (TPSA) is 65.0 Å². The van der Waals surface area contributed by atoms with E-state index in [0.29, 0.717) is 17.5 Å². The van der Waals surface area contributed by atoms with Crippen molar-refractivity contribution >= 4 is 65.4 Å². The second-order valence-corrected chi connectivity index (χ2v) is 13.2. The largest absolute Gasteiger partial charge is 0.456 e. The Morgan fingerprint density at radius 2 is 0.904 bits per heavy atom. The van der Waals surface area contributed by atoms with Gasteiger partial charge in [0.15, 0.2) is 17.5 Å². The molecule has 11 aromatic rings. The quantitative estimate of drug-likeness (QED) is 0.187. The Kier molecular flexibility index (Phi) is 6.18. The molecule has 0 unspecified atom stereocenters. The minimum absolute atomic E-state index is 0.590. The summed E-state index contributed by atoms with van der Waals surface area (Å²) in [5.41, 5.74) is 8.40. The van der Waals surface area contributed by atoms with Gasteiger partial charge in [-0.05, 0) is 69.8 Å². The van der Waals surface area contributed by atoms with Crippen LogP contribution in [0.5, 0.6) is 0 Å². The molecule has 5 heteroatoms. The molecule has 11 rings (SSSR count). The number of benzene rings is 8. The lowest BCUT2D eigenvalue weighted by atomic mass is 9.98. The molecule has 0 spiro atoms. The number of aromatic nitrogens is 3. The molecule has 3 heterocycles. The van der Waals surface area contributed by atoms with E-state index in [0.717, 1.165) is 93.2 Å². The molecule has 242 valence electrons. The van der Waals surface area contributed by atoms with E-state index in [2.05, 4.69) is 127 Å². The molecule has 0 aliphatic carbocycles. The maximum atomic E-state index is 6.59. The van der Waals surface area contributed by atoms with Crippen LogP contribution < -0.4 is 0 Å². The average molecular weight is 666 g/mol. The van der Waals surface area contributed by atoms with Gasteiger partial charge in [0.05, 0.1) is 0 Å². The van der Waals surface area contributed by atoms with Gasteiger partial charge in [0.2, 0.25) is 0 Å². The van der Waals surface area contributed by atoms with Crippen LogP contribution in [0.1, 0.15) is 0 Å². The lowest BCUT2D eigenvalue weighted by Gasteiger charge is -2.12. The molecule has 0 radical (unpaired) electrons. The summed E-state index contributed by atoms with van der Waals surface area (Å²) in [6.07, 6.45) is 0. The first-order valence-corrected chi connectivity index (χ1v) is 17.3. The van der Waals surface area contributed by atoms with Gasteiger partial charge < -0.3 is 8.83 Å². The first kappa shape index (κ1) is 28.7. The highest BCUT2D eigenvalue weighted by Gasteiger charge is 2.20. The summed E-state index contributed by atoms with van der Waals surface area (Å²) < 4.78 is 12.8. The molecule has 0 fully saturated rings. The van der Waals surface area contributed by atoms with Crippen LogP contribution in [0.15, 0.2) is 173 Å². The van der Waals surface area contributed by atoms with Crippen LogP contribution in [-0.4, -0.2) is 15.0 Å². The van der Waals surface area contributed by atoms with Gasteiger partial charge >= 0.3 is 0 Å². The van der Waals surface area contributed by atoms with Gasteiger partial charge in [-0.3, -0.25) is 0 Å². The van der Waals surface area contributed by atoms with Crippen molar-refractivity contribution in [3.8, 4) is 45.3 Å². The van der Waals surface area contributed by atoms with Gasteiger partial charge in [0.25, 0.3) is 0 Å². The SMILES string of the molecule is c1ccc(-c2ccc3oc4c5ccccc5c(-c5nc(-c6ccc7oc8ccccc8c7c6)nc(-c6cccc7ccccc67)n5)cc4c3c2)cc1. The Balaban J connectivity index is 1.20. The van der Waals surface area contributed by atoms with Crippen molar-refractivity contribution in [2.75, 3.05) is 0 Å². The van der Waals surface area contributed by atoms with Crippen molar-refractivity contribution in [2.24, 2.45) is 0 Å². The maximum absolute atomic E-state index is 6.59. The maximum Gasteiger partial charge on any atom is 0.164 e. The Morgan fingerprint density at radius 1 is 0.308 bits per heavy atom. The highest BCUT2D eigenvalue weighted by atomic mass is 16.3. The number of para-hydroxylation sites is 1. The van der Waals surface area contributed by atoms with Crippen LogP contribution in [0, 0.1) is 0 Å². The third kappa shape index (κ3) is 4.46. The van der Waals surface area contributed by atoms with Crippen molar-refractivity contribution in [2.45, 2.75) is 0 Å². The molecular formula is C47H27N3O2. The monoisotopic (exact) mass is 665 g/mol. The average Bonchev–Trinajstić information content (AvgIpc) is 3.78. The summed E-state index contributed by atoms with van der Waals surface area (Å²) in [5.74, 6) is 1.80.